The van der Waals surface area contributed by atoms with E-state index in [4.69, 9.17) is 4.74 Å². The molecule has 1 heterocycles. The molecule has 0 bridgehead atoms. The minimum Gasteiger partial charge on any atom is -0.497 e. The van der Waals surface area contributed by atoms with Crippen molar-refractivity contribution in [1.82, 2.24) is 4.90 Å². The molecule has 2 amide bonds. The lowest BCUT2D eigenvalue weighted by atomic mass is 10.1. The molecule has 0 aromatic heterocycles. The lowest BCUT2D eigenvalue weighted by Gasteiger charge is -2.23. The Labute approximate surface area is 126 Å². The van der Waals surface area contributed by atoms with Gasteiger partial charge in [-0.2, -0.15) is 0 Å². The van der Waals surface area contributed by atoms with Crippen molar-refractivity contribution >= 4 is 27.7 Å². The molecule has 0 unspecified atom stereocenters. The number of benzene rings is 1. The van der Waals surface area contributed by atoms with Crippen LogP contribution in [0.2, 0.25) is 0 Å². The number of imide groups is 1. The molecule has 0 N–H and O–H groups in total. The number of nitrogens with zero attached hydrogens (tertiary/aromatic N) is 1. The van der Waals surface area contributed by atoms with Gasteiger partial charge in [-0.1, -0.05) is 18.2 Å². The van der Waals surface area contributed by atoms with Gasteiger partial charge in [0.15, 0.2) is 0 Å². The standard InChI is InChI=1S/C15H16BrNO3/c1-20-12-7-4-11(5-8-12)6-9-14(18)17-10-2-3-13(16)15(17)19/h3-5,7-8H,2,6,9-10H2,1H3. The van der Waals surface area contributed by atoms with Crippen molar-refractivity contribution in [2.75, 3.05) is 13.7 Å². The van der Waals surface area contributed by atoms with Gasteiger partial charge in [0.05, 0.1) is 11.6 Å². The van der Waals surface area contributed by atoms with Gasteiger partial charge in [0, 0.05) is 13.0 Å². The Bertz CT molecular complexity index is 537. The van der Waals surface area contributed by atoms with E-state index in [1.165, 1.54) is 4.90 Å². The molecule has 0 atom stereocenters. The monoisotopic (exact) mass is 337 g/mol. The number of ether oxygens (including phenoxy) is 1. The summed E-state index contributed by atoms with van der Waals surface area (Å²) in [6.07, 6.45) is 3.46. The molecule has 1 aromatic carbocycles. The second-order valence-electron chi connectivity index (χ2n) is 4.54. The average molecular weight is 338 g/mol. The third-order valence-electron chi connectivity index (χ3n) is 3.21. The maximum absolute atomic E-state index is 12.1. The van der Waals surface area contributed by atoms with Crippen LogP contribution in [0.3, 0.4) is 0 Å². The Morgan fingerprint density at radius 3 is 2.70 bits per heavy atom. The fourth-order valence-corrected chi connectivity index (χ4v) is 2.50. The summed E-state index contributed by atoms with van der Waals surface area (Å²) in [5.41, 5.74) is 1.05. The Morgan fingerprint density at radius 2 is 2.05 bits per heavy atom. The topological polar surface area (TPSA) is 46.6 Å². The van der Waals surface area contributed by atoms with Gasteiger partial charge in [0.1, 0.15) is 5.75 Å². The highest BCUT2D eigenvalue weighted by molar-refractivity contribution is 9.12. The van der Waals surface area contributed by atoms with Crippen molar-refractivity contribution in [2.45, 2.75) is 19.3 Å². The summed E-state index contributed by atoms with van der Waals surface area (Å²) in [6.45, 7) is 0.468. The van der Waals surface area contributed by atoms with E-state index >= 15 is 0 Å². The SMILES string of the molecule is COc1ccc(CCC(=O)N2CCC=C(Br)C2=O)cc1. The third-order valence-corrected chi connectivity index (χ3v) is 3.88. The van der Waals surface area contributed by atoms with Crippen LogP contribution in [-0.2, 0) is 16.0 Å². The minimum absolute atomic E-state index is 0.129. The summed E-state index contributed by atoms with van der Waals surface area (Å²) in [4.78, 5) is 25.2. The van der Waals surface area contributed by atoms with Crippen LogP contribution >= 0.6 is 15.9 Å². The van der Waals surface area contributed by atoms with Crippen LogP contribution in [0.15, 0.2) is 34.8 Å². The zero-order valence-corrected chi connectivity index (χ0v) is 12.9. The summed E-state index contributed by atoms with van der Waals surface area (Å²) >= 11 is 3.18. The second kappa shape index (κ2) is 6.70. The van der Waals surface area contributed by atoms with Crippen LogP contribution in [0.4, 0.5) is 0 Å². The fraction of sp³-hybridized carbons (Fsp3) is 0.333. The van der Waals surface area contributed by atoms with Crippen molar-refractivity contribution < 1.29 is 14.3 Å². The Kier molecular flexibility index (Phi) is 4.95. The largest absolute Gasteiger partial charge is 0.497 e. The molecule has 0 aliphatic carbocycles. The van der Waals surface area contributed by atoms with E-state index < -0.39 is 0 Å². The number of rotatable bonds is 4. The molecule has 4 nitrogen and oxygen atoms in total. The highest BCUT2D eigenvalue weighted by Gasteiger charge is 2.25. The van der Waals surface area contributed by atoms with E-state index in [0.29, 0.717) is 30.3 Å². The Morgan fingerprint density at radius 1 is 1.35 bits per heavy atom. The molecule has 2 rings (SSSR count). The molecular weight excluding hydrogens is 322 g/mol. The summed E-state index contributed by atoms with van der Waals surface area (Å²) in [5.74, 6) is 0.423. The highest BCUT2D eigenvalue weighted by atomic mass is 79.9. The van der Waals surface area contributed by atoms with E-state index in [2.05, 4.69) is 15.9 Å². The quantitative estimate of drug-likeness (QED) is 0.848. The third kappa shape index (κ3) is 3.48. The minimum atomic E-state index is -0.240. The van der Waals surface area contributed by atoms with Gasteiger partial charge in [-0.05, 0) is 46.5 Å². The van der Waals surface area contributed by atoms with Crippen LogP contribution in [0.25, 0.3) is 0 Å². The van der Waals surface area contributed by atoms with Crippen LogP contribution in [0.5, 0.6) is 5.75 Å². The number of amides is 2. The molecular formula is C15H16BrNO3. The number of carbonyl (C=O) groups is 2. The molecule has 5 heteroatoms. The number of hydrogen-bond acceptors (Lipinski definition) is 3. The van der Waals surface area contributed by atoms with Gasteiger partial charge in [-0.15, -0.1) is 0 Å². The summed E-state index contributed by atoms with van der Waals surface area (Å²) in [6, 6.07) is 7.59. The lowest BCUT2D eigenvalue weighted by molar-refractivity contribution is -0.142. The predicted octanol–water partition coefficient (Wildman–Crippen LogP) is 2.67. The van der Waals surface area contributed by atoms with Crippen molar-refractivity contribution in [2.24, 2.45) is 0 Å². The van der Waals surface area contributed by atoms with Crippen molar-refractivity contribution in [3.63, 3.8) is 0 Å². The zero-order chi connectivity index (χ0) is 14.5. The van der Waals surface area contributed by atoms with Gasteiger partial charge < -0.3 is 4.74 Å². The van der Waals surface area contributed by atoms with Gasteiger partial charge in [0.25, 0.3) is 5.91 Å². The lowest BCUT2D eigenvalue weighted by Crippen LogP contribution is -2.39. The number of aryl methyl sites for hydroxylation is 1. The molecule has 0 saturated carbocycles. The molecule has 0 fully saturated rings. The molecule has 1 aromatic rings. The average Bonchev–Trinajstić information content (AvgIpc) is 2.48. The van der Waals surface area contributed by atoms with Gasteiger partial charge in [-0.25, -0.2) is 0 Å². The van der Waals surface area contributed by atoms with E-state index in [9.17, 15) is 9.59 Å². The van der Waals surface area contributed by atoms with Crippen molar-refractivity contribution in [3.05, 3.63) is 40.4 Å². The first-order valence-corrected chi connectivity index (χ1v) is 7.24. The van der Waals surface area contributed by atoms with E-state index in [1.807, 2.05) is 24.3 Å². The smallest absolute Gasteiger partial charge is 0.267 e. The van der Waals surface area contributed by atoms with Gasteiger partial charge in [-0.3, -0.25) is 14.5 Å². The van der Waals surface area contributed by atoms with E-state index in [0.717, 1.165) is 11.3 Å². The molecule has 1 aliphatic rings. The summed E-state index contributed by atoms with van der Waals surface area (Å²) in [5, 5.41) is 0. The molecule has 106 valence electrons. The van der Waals surface area contributed by atoms with Gasteiger partial charge >= 0.3 is 0 Å². The maximum Gasteiger partial charge on any atom is 0.267 e. The molecule has 0 saturated heterocycles. The van der Waals surface area contributed by atoms with Crippen molar-refractivity contribution in [3.8, 4) is 5.75 Å². The first kappa shape index (κ1) is 14.8. The van der Waals surface area contributed by atoms with Crippen LogP contribution in [0, 0.1) is 0 Å². The number of hydrogen-bond donors (Lipinski definition) is 0. The number of carbonyl (C=O) groups excluding carboxylic acids is 2. The molecule has 1 aliphatic heterocycles. The summed E-state index contributed by atoms with van der Waals surface area (Å²) in [7, 11) is 1.62. The fourth-order valence-electron chi connectivity index (χ4n) is 2.05. The second-order valence-corrected chi connectivity index (χ2v) is 5.39. The Balaban J connectivity index is 1.91. The van der Waals surface area contributed by atoms with Crippen LogP contribution in [-0.4, -0.2) is 30.4 Å². The van der Waals surface area contributed by atoms with Crippen molar-refractivity contribution in [1.29, 1.82) is 0 Å². The highest BCUT2D eigenvalue weighted by Crippen LogP contribution is 2.18. The predicted molar refractivity (Wildman–Crippen MR) is 79.7 cm³/mol. The molecule has 0 spiro atoms. The van der Waals surface area contributed by atoms with E-state index in [1.54, 1.807) is 13.2 Å². The van der Waals surface area contributed by atoms with E-state index in [-0.39, 0.29) is 11.8 Å². The molecule has 20 heavy (non-hydrogen) atoms. The molecule has 0 radical (unpaired) electrons. The first-order chi connectivity index (χ1) is 9.61. The summed E-state index contributed by atoms with van der Waals surface area (Å²) < 4.78 is 5.56. The van der Waals surface area contributed by atoms with Crippen LogP contribution in [0.1, 0.15) is 18.4 Å². The normalized spacial score (nSPS) is 15.0. The number of methoxy groups -OCH3 is 1. The zero-order valence-electron chi connectivity index (χ0n) is 11.3. The number of halogens is 1. The maximum atomic E-state index is 12.1. The van der Waals surface area contributed by atoms with Gasteiger partial charge in [0.2, 0.25) is 5.91 Å². The first-order valence-electron chi connectivity index (χ1n) is 6.45. The van der Waals surface area contributed by atoms with Crippen LogP contribution < -0.4 is 4.74 Å². The Hall–Kier alpha value is -1.62.